The monoisotopic (exact) mass is 575 g/mol. The zero-order valence-electron chi connectivity index (χ0n) is 24.9. The highest BCUT2D eigenvalue weighted by Crippen LogP contribution is 2.43. The largest absolute Gasteiger partial charge is 0.306 e. The van der Waals surface area contributed by atoms with Gasteiger partial charge < -0.3 is 4.57 Å². The average molecular weight is 576 g/mol. The summed E-state index contributed by atoms with van der Waals surface area (Å²) >= 11 is 0. The predicted octanol–water partition coefficient (Wildman–Crippen LogP) is 10.9. The van der Waals surface area contributed by atoms with E-state index < -0.39 is 0 Å². The number of fused-ring (bicyclic) bond motifs is 7. The molecule has 0 saturated carbocycles. The van der Waals surface area contributed by atoms with Crippen molar-refractivity contribution in [1.82, 2.24) is 14.5 Å². The van der Waals surface area contributed by atoms with Gasteiger partial charge in [0.15, 0.2) is 5.82 Å². The third kappa shape index (κ3) is 4.05. The van der Waals surface area contributed by atoms with Crippen molar-refractivity contribution in [2.24, 2.45) is 5.92 Å². The van der Waals surface area contributed by atoms with Crippen molar-refractivity contribution in [3.63, 3.8) is 0 Å². The lowest BCUT2D eigenvalue weighted by Gasteiger charge is -2.17. The minimum Gasteiger partial charge on any atom is -0.306 e. The van der Waals surface area contributed by atoms with E-state index in [0.717, 1.165) is 28.1 Å². The van der Waals surface area contributed by atoms with E-state index in [9.17, 15) is 0 Å². The second kappa shape index (κ2) is 10.1. The summed E-state index contributed by atoms with van der Waals surface area (Å²) in [5, 5.41) is 8.87. The third-order valence-corrected chi connectivity index (χ3v) is 9.15. The van der Waals surface area contributed by atoms with Crippen LogP contribution in [-0.2, 0) is 0 Å². The molecule has 1 unspecified atom stereocenters. The van der Waals surface area contributed by atoms with Crippen molar-refractivity contribution in [2.75, 3.05) is 0 Å². The molecule has 9 rings (SSSR count). The lowest BCUT2D eigenvalue weighted by molar-refractivity contribution is 0.955. The molecule has 8 aromatic rings. The van der Waals surface area contributed by atoms with Crippen molar-refractivity contribution in [1.29, 1.82) is 0 Å². The molecule has 3 heteroatoms. The van der Waals surface area contributed by atoms with Gasteiger partial charge in [0.1, 0.15) is 0 Å². The highest BCUT2D eigenvalue weighted by molar-refractivity contribution is 6.25. The van der Waals surface area contributed by atoms with E-state index in [1.54, 1.807) is 0 Å². The Labute approximate surface area is 261 Å². The first kappa shape index (κ1) is 25.7. The number of para-hydroxylation sites is 1. The summed E-state index contributed by atoms with van der Waals surface area (Å²) in [5.41, 5.74) is 8.09. The average Bonchev–Trinajstić information content (AvgIpc) is 3.72. The molecule has 2 heterocycles. The van der Waals surface area contributed by atoms with E-state index >= 15 is 0 Å². The smallest absolute Gasteiger partial charge is 0.176 e. The van der Waals surface area contributed by atoms with Crippen LogP contribution in [0.4, 0.5) is 0 Å². The maximum Gasteiger partial charge on any atom is 0.176 e. The summed E-state index contributed by atoms with van der Waals surface area (Å²) in [7, 11) is 0. The number of rotatable bonds is 4. The molecule has 0 radical (unpaired) electrons. The van der Waals surface area contributed by atoms with Crippen LogP contribution in [0.2, 0.25) is 0 Å². The first-order valence-corrected chi connectivity index (χ1v) is 15.5. The highest BCUT2D eigenvalue weighted by Gasteiger charge is 2.21. The van der Waals surface area contributed by atoms with Gasteiger partial charge in [-0.1, -0.05) is 122 Å². The fraction of sp³-hybridized carbons (Fsp3) is 0.0476. The minimum atomic E-state index is 0.366. The number of aromatic nitrogens is 3. The van der Waals surface area contributed by atoms with Crippen molar-refractivity contribution < 1.29 is 0 Å². The van der Waals surface area contributed by atoms with Crippen LogP contribution in [0.25, 0.3) is 82.7 Å². The molecule has 0 amide bonds. The van der Waals surface area contributed by atoms with Crippen molar-refractivity contribution in [3.05, 3.63) is 152 Å². The van der Waals surface area contributed by atoms with Crippen molar-refractivity contribution in [2.45, 2.75) is 6.92 Å². The highest BCUT2D eigenvalue weighted by atomic mass is 15.0. The standard InChI is InChI=1S/C42H29N3/c1-27-18-20-30(24-27)45-40(42-43-22-9-23-44-42)26-29-10-8-17-38(41(29)45)32-12-3-2-11-31(32)28-19-21-37-35-15-5-4-13-33(35)34-14-6-7-16-36(34)39(37)25-28/h2-27H,1H3. The Bertz CT molecular complexity index is 2460. The van der Waals surface area contributed by atoms with Gasteiger partial charge in [0.05, 0.1) is 11.2 Å². The van der Waals surface area contributed by atoms with E-state index in [0.29, 0.717) is 5.92 Å². The summed E-state index contributed by atoms with van der Waals surface area (Å²) in [6, 6.07) is 44.0. The topological polar surface area (TPSA) is 30.7 Å². The molecule has 3 nitrogen and oxygen atoms in total. The molecule has 6 aromatic carbocycles. The lowest BCUT2D eigenvalue weighted by Crippen LogP contribution is -2.00. The van der Waals surface area contributed by atoms with Crippen molar-refractivity contribution in [3.8, 4) is 33.8 Å². The molecule has 0 aliphatic heterocycles. The maximum absolute atomic E-state index is 4.65. The molecular formula is C42H29N3. The lowest BCUT2D eigenvalue weighted by atomic mass is 9.89. The van der Waals surface area contributed by atoms with Crippen LogP contribution in [0.1, 0.15) is 6.92 Å². The molecule has 45 heavy (non-hydrogen) atoms. The Morgan fingerprint density at radius 3 is 1.87 bits per heavy atom. The van der Waals surface area contributed by atoms with Crippen LogP contribution in [0.5, 0.6) is 0 Å². The van der Waals surface area contributed by atoms with Crippen molar-refractivity contribution >= 4 is 48.9 Å². The fourth-order valence-electron chi connectivity index (χ4n) is 7.17. The fourth-order valence-corrected chi connectivity index (χ4v) is 7.17. The third-order valence-electron chi connectivity index (χ3n) is 9.15. The van der Waals surface area contributed by atoms with Gasteiger partial charge in [0, 0.05) is 29.0 Å². The number of nitrogens with zero attached hydrogens (tertiary/aromatic N) is 3. The molecule has 0 saturated heterocycles. The predicted molar refractivity (Wildman–Crippen MR) is 189 cm³/mol. The molecule has 0 bridgehead atoms. The zero-order valence-corrected chi connectivity index (χ0v) is 24.9. The SMILES string of the molecule is CC1C=CC(n2c(-c3ncccn3)cc3cccc(-c4ccccc4-c4ccc5c6ccccc6c6ccccc6c5c4)c32)=C1. The Balaban J connectivity index is 1.31. The molecule has 1 atom stereocenters. The number of hydrogen-bond acceptors (Lipinski definition) is 2. The molecule has 0 fully saturated rings. The minimum absolute atomic E-state index is 0.366. The Hall–Kier alpha value is -5.80. The van der Waals surface area contributed by atoms with Gasteiger partial charge in [-0.2, -0.15) is 0 Å². The van der Waals surface area contributed by atoms with Gasteiger partial charge in [-0.25, -0.2) is 9.97 Å². The number of allylic oxidation sites excluding steroid dienone is 4. The van der Waals surface area contributed by atoms with Crippen LogP contribution in [0.3, 0.4) is 0 Å². The van der Waals surface area contributed by atoms with E-state index in [4.69, 9.17) is 0 Å². The number of hydrogen-bond donors (Lipinski definition) is 0. The van der Waals surface area contributed by atoms with Crippen LogP contribution < -0.4 is 0 Å². The Morgan fingerprint density at radius 2 is 1.18 bits per heavy atom. The van der Waals surface area contributed by atoms with Crippen LogP contribution in [-0.4, -0.2) is 14.5 Å². The Kier molecular flexibility index (Phi) is 5.79. The quantitative estimate of drug-likeness (QED) is 0.195. The first-order chi connectivity index (χ1) is 22.2. The van der Waals surface area contributed by atoms with Crippen LogP contribution >= 0.6 is 0 Å². The molecule has 1 aliphatic rings. The summed E-state index contributed by atoms with van der Waals surface area (Å²) in [4.78, 5) is 9.31. The summed E-state index contributed by atoms with van der Waals surface area (Å²) in [5.74, 6) is 1.08. The van der Waals surface area contributed by atoms with E-state index in [1.165, 1.54) is 54.6 Å². The maximum atomic E-state index is 4.65. The van der Waals surface area contributed by atoms with Crippen LogP contribution in [0, 0.1) is 5.92 Å². The van der Waals surface area contributed by atoms with Gasteiger partial charge >= 0.3 is 0 Å². The second-order valence-corrected chi connectivity index (χ2v) is 11.9. The van der Waals surface area contributed by atoms with E-state index in [1.807, 2.05) is 18.5 Å². The molecular weight excluding hydrogens is 546 g/mol. The zero-order chi connectivity index (χ0) is 29.9. The van der Waals surface area contributed by atoms with E-state index in [2.05, 4.69) is 155 Å². The molecule has 1 aliphatic carbocycles. The summed E-state index contributed by atoms with van der Waals surface area (Å²) in [6.45, 7) is 2.22. The summed E-state index contributed by atoms with van der Waals surface area (Å²) in [6.07, 6.45) is 10.4. The summed E-state index contributed by atoms with van der Waals surface area (Å²) < 4.78 is 2.34. The Morgan fingerprint density at radius 1 is 0.556 bits per heavy atom. The molecule has 0 spiro atoms. The molecule has 0 N–H and O–H groups in total. The molecule has 2 aromatic heterocycles. The van der Waals surface area contributed by atoms with Gasteiger partial charge in [-0.15, -0.1) is 0 Å². The second-order valence-electron chi connectivity index (χ2n) is 11.9. The van der Waals surface area contributed by atoms with Gasteiger partial charge in [-0.3, -0.25) is 0 Å². The normalized spacial score (nSPS) is 14.6. The number of benzene rings is 6. The van der Waals surface area contributed by atoms with Gasteiger partial charge in [-0.05, 0) is 79.2 Å². The van der Waals surface area contributed by atoms with E-state index in [-0.39, 0.29) is 0 Å². The molecule has 212 valence electrons. The van der Waals surface area contributed by atoms with Crippen LogP contribution in [0.15, 0.2) is 152 Å². The first-order valence-electron chi connectivity index (χ1n) is 15.5. The van der Waals surface area contributed by atoms with Gasteiger partial charge in [0.2, 0.25) is 0 Å². The van der Waals surface area contributed by atoms with Gasteiger partial charge in [0.25, 0.3) is 0 Å².